The van der Waals surface area contributed by atoms with E-state index in [1.807, 2.05) is 20.8 Å². The molecule has 0 aliphatic rings. The predicted octanol–water partition coefficient (Wildman–Crippen LogP) is 3.30. The zero-order valence-electron chi connectivity index (χ0n) is 9.66. The number of benzene rings is 1. The maximum Gasteiger partial charge on any atom is 0.123 e. The molecular formula is C11H19Cl2FN2. The summed E-state index contributed by atoms with van der Waals surface area (Å²) in [7, 11) is 0. The minimum atomic E-state index is -0.297. The maximum atomic E-state index is 13.0. The summed E-state index contributed by atoms with van der Waals surface area (Å²) in [6.07, 6.45) is 0. The molecule has 0 heterocycles. The van der Waals surface area contributed by atoms with Crippen molar-refractivity contribution in [3.8, 4) is 0 Å². The van der Waals surface area contributed by atoms with Gasteiger partial charge >= 0.3 is 0 Å². The van der Waals surface area contributed by atoms with E-state index in [-0.39, 0.29) is 42.1 Å². The van der Waals surface area contributed by atoms with Crippen LogP contribution in [0.15, 0.2) is 18.2 Å². The van der Waals surface area contributed by atoms with Gasteiger partial charge in [-0.1, -0.05) is 20.8 Å². The van der Waals surface area contributed by atoms with Crippen LogP contribution in [-0.4, -0.2) is 0 Å². The summed E-state index contributed by atoms with van der Waals surface area (Å²) in [5.41, 5.74) is 12.8. The van der Waals surface area contributed by atoms with Crippen LogP contribution in [0, 0.1) is 11.2 Å². The van der Waals surface area contributed by atoms with Gasteiger partial charge in [0.15, 0.2) is 0 Å². The fraction of sp³-hybridized carbons (Fsp3) is 0.455. The molecule has 0 fully saturated rings. The highest BCUT2D eigenvalue weighted by Crippen LogP contribution is 2.33. The molecule has 0 saturated heterocycles. The van der Waals surface area contributed by atoms with E-state index in [0.717, 1.165) is 0 Å². The van der Waals surface area contributed by atoms with Gasteiger partial charge in [0.2, 0.25) is 0 Å². The van der Waals surface area contributed by atoms with Gasteiger partial charge in [0.05, 0.1) is 0 Å². The summed E-state index contributed by atoms with van der Waals surface area (Å²) in [5, 5.41) is 0. The van der Waals surface area contributed by atoms with Crippen LogP contribution in [0.3, 0.4) is 0 Å². The van der Waals surface area contributed by atoms with Crippen molar-refractivity contribution in [1.82, 2.24) is 0 Å². The van der Waals surface area contributed by atoms with E-state index < -0.39 is 0 Å². The molecule has 0 saturated carbocycles. The molecular weight excluding hydrogens is 250 g/mol. The molecule has 1 atom stereocenters. The summed E-state index contributed by atoms with van der Waals surface area (Å²) in [5.74, 6) is -0.297. The summed E-state index contributed by atoms with van der Waals surface area (Å²) in [6.45, 7) is 6.01. The second-order valence-electron chi connectivity index (χ2n) is 4.62. The van der Waals surface area contributed by atoms with Crippen LogP contribution in [0.25, 0.3) is 0 Å². The average Bonchev–Trinajstić information content (AvgIpc) is 2.06. The molecule has 4 N–H and O–H groups in total. The van der Waals surface area contributed by atoms with Gasteiger partial charge in [-0.15, -0.1) is 24.8 Å². The third-order valence-corrected chi connectivity index (χ3v) is 2.32. The van der Waals surface area contributed by atoms with Crippen LogP contribution in [-0.2, 0) is 0 Å². The minimum Gasteiger partial charge on any atom is -0.398 e. The fourth-order valence-corrected chi connectivity index (χ4v) is 1.28. The predicted molar refractivity (Wildman–Crippen MR) is 71.7 cm³/mol. The van der Waals surface area contributed by atoms with Crippen molar-refractivity contribution in [3.63, 3.8) is 0 Å². The molecule has 5 heteroatoms. The van der Waals surface area contributed by atoms with Crippen molar-refractivity contribution < 1.29 is 4.39 Å². The Hall–Kier alpha value is -0.510. The van der Waals surface area contributed by atoms with Gasteiger partial charge in [0.1, 0.15) is 5.82 Å². The molecule has 2 nitrogen and oxygen atoms in total. The Morgan fingerprint density at radius 1 is 1.19 bits per heavy atom. The van der Waals surface area contributed by atoms with Crippen LogP contribution in [0.5, 0.6) is 0 Å². The van der Waals surface area contributed by atoms with Gasteiger partial charge in [0.25, 0.3) is 0 Å². The van der Waals surface area contributed by atoms with E-state index in [1.54, 1.807) is 6.07 Å². The van der Waals surface area contributed by atoms with Crippen molar-refractivity contribution in [1.29, 1.82) is 0 Å². The standard InChI is InChI=1S/C11H17FN2.2ClH/c1-11(2,3)10(14)8-6-7(12)4-5-9(8)13;;/h4-6,10H,13-14H2,1-3H3;2*1H/t10-;;/m0../s1. The number of nitrogens with two attached hydrogens (primary N) is 2. The third kappa shape index (κ3) is 4.16. The van der Waals surface area contributed by atoms with Crippen LogP contribution in [0.2, 0.25) is 0 Å². The number of hydrogen-bond acceptors (Lipinski definition) is 2. The Morgan fingerprint density at radius 3 is 2.12 bits per heavy atom. The Balaban J connectivity index is 0. The molecule has 0 amide bonds. The second kappa shape index (κ2) is 6.28. The Bertz CT molecular complexity index is 337. The van der Waals surface area contributed by atoms with E-state index in [0.29, 0.717) is 11.3 Å². The molecule has 94 valence electrons. The molecule has 0 aliphatic heterocycles. The zero-order valence-corrected chi connectivity index (χ0v) is 11.3. The third-order valence-electron chi connectivity index (χ3n) is 2.32. The summed E-state index contributed by atoms with van der Waals surface area (Å²) < 4.78 is 13.0. The van der Waals surface area contributed by atoms with Gasteiger partial charge in [-0.2, -0.15) is 0 Å². The number of hydrogen-bond donors (Lipinski definition) is 2. The Morgan fingerprint density at radius 2 is 1.69 bits per heavy atom. The van der Waals surface area contributed by atoms with Gasteiger partial charge in [-0.05, 0) is 29.2 Å². The molecule has 0 radical (unpaired) electrons. The highest BCUT2D eigenvalue weighted by molar-refractivity contribution is 5.85. The van der Waals surface area contributed by atoms with Crippen molar-refractivity contribution in [2.24, 2.45) is 11.1 Å². The van der Waals surface area contributed by atoms with Crippen molar-refractivity contribution in [2.75, 3.05) is 5.73 Å². The van der Waals surface area contributed by atoms with Crippen LogP contribution in [0.1, 0.15) is 32.4 Å². The molecule has 1 rings (SSSR count). The van der Waals surface area contributed by atoms with Crippen molar-refractivity contribution in [2.45, 2.75) is 26.8 Å². The first-order chi connectivity index (χ1) is 6.32. The maximum absolute atomic E-state index is 13.0. The zero-order chi connectivity index (χ0) is 10.9. The second-order valence-corrected chi connectivity index (χ2v) is 4.62. The lowest BCUT2D eigenvalue weighted by Gasteiger charge is -2.28. The van der Waals surface area contributed by atoms with Crippen molar-refractivity contribution in [3.05, 3.63) is 29.6 Å². The first-order valence-corrected chi connectivity index (χ1v) is 4.63. The SMILES string of the molecule is CC(C)(C)[C@@H](N)c1cc(F)ccc1N.Cl.Cl. The van der Waals surface area contributed by atoms with Gasteiger partial charge in [-0.25, -0.2) is 4.39 Å². The van der Waals surface area contributed by atoms with E-state index in [4.69, 9.17) is 11.5 Å². The van der Waals surface area contributed by atoms with Gasteiger partial charge < -0.3 is 11.5 Å². The van der Waals surface area contributed by atoms with Crippen LogP contribution in [0.4, 0.5) is 10.1 Å². The molecule has 0 spiro atoms. The molecule has 1 aromatic rings. The van der Waals surface area contributed by atoms with Gasteiger partial charge in [-0.3, -0.25) is 0 Å². The summed E-state index contributed by atoms with van der Waals surface area (Å²) in [6, 6.07) is 4.05. The Labute approximate surface area is 108 Å². The lowest BCUT2D eigenvalue weighted by atomic mass is 9.82. The molecule has 0 bridgehead atoms. The smallest absolute Gasteiger partial charge is 0.123 e. The number of anilines is 1. The van der Waals surface area contributed by atoms with Gasteiger partial charge in [0, 0.05) is 11.7 Å². The highest BCUT2D eigenvalue weighted by atomic mass is 35.5. The Kier molecular flexibility index (Phi) is 7.02. The summed E-state index contributed by atoms with van der Waals surface area (Å²) in [4.78, 5) is 0. The molecule has 1 aromatic carbocycles. The average molecular weight is 269 g/mol. The highest BCUT2D eigenvalue weighted by Gasteiger charge is 2.24. The van der Waals surface area contributed by atoms with E-state index in [9.17, 15) is 4.39 Å². The molecule has 0 aromatic heterocycles. The van der Waals surface area contributed by atoms with E-state index in [1.165, 1.54) is 12.1 Å². The van der Waals surface area contributed by atoms with Crippen LogP contribution < -0.4 is 11.5 Å². The summed E-state index contributed by atoms with van der Waals surface area (Å²) >= 11 is 0. The minimum absolute atomic E-state index is 0. The number of nitrogen functional groups attached to an aromatic ring is 1. The number of halogens is 3. The first-order valence-electron chi connectivity index (χ1n) is 4.63. The quantitative estimate of drug-likeness (QED) is 0.768. The van der Waals surface area contributed by atoms with E-state index in [2.05, 4.69) is 0 Å². The molecule has 16 heavy (non-hydrogen) atoms. The first kappa shape index (κ1) is 17.9. The number of rotatable bonds is 1. The lowest BCUT2D eigenvalue weighted by Crippen LogP contribution is -2.27. The van der Waals surface area contributed by atoms with E-state index >= 15 is 0 Å². The van der Waals surface area contributed by atoms with Crippen LogP contribution >= 0.6 is 24.8 Å². The normalized spacial score (nSPS) is 12.3. The fourth-order valence-electron chi connectivity index (χ4n) is 1.28. The lowest BCUT2D eigenvalue weighted by molar-refractivity contribution is 0.327. The molecule has 0 aliphatic carbocycles. The topological polar surface area (TPSA) is 52.0 Å². The van der Waals surface area contributed by atoms with Crippen molar-refractivity contribution >= 4 is 30.5 Å². The largest absolute Gasteiger partial charge is 0.398 e. The monoisotopic (exact) mass is 268 g/mol. The molecule has 0 unspecified atom stereocenters.